The molecule has 2 amide bonds. The van der Waals surface area contributed by atoms with Gasteiger partial charge in [0.05, 0.1) is 19.9 Å². The van der Waals surface area contributed by atoms with Gasteiger partial charge in [0.25, 0.3) is 5.91 Å². The number of benzene rings is 2. The quantitative estimate of drug-likeness (QED) is 0.806. The van der Waals surface area contributed by atoms with Crippen molar-refractivity contribution in [1.82, 2.24) is 0 Å². The molecule has 0 bridgehead atoms. The van der Waals surface area contributed by atoms with E-state index in [1.165, 1.54) is 21.1 Å². The highest BCUT2D eigenvalue weighted by molar-refractivity contribution is 5.95. The largest absolute Gasteiger partial charge is 0.495 e. The van der Waals surface area contributed by atoms with Gasteiger partial charge in [-0.25, -0.2) is 0 Å². The lowest BCUT2D eigenvalue weighted by molar-refractivity contribution is -0.118. The zero-order valence-electron chi connectivity index (χ0n) is 14.3. The molecule has 0 aliphatic heterocycles. The highest BCUT2D eigenvalue weighted by atomic mass is 16.5. The van der Waals surface area contributed by atoms with Crippen molar-refractivity contribution in [3.05, 3.63) is 42.5 Å². The number of methoxy groups -OCH3 is 2. The van der Waals surface area contributed by atoms with Crippen molar-refractivity contribution in [2.45, 2.75) is 6.92 Å². The molecule has 2 N–H and O–H groups in total. The Hall–Kier alpha value is -3.22. The molecular formula is C18H20N2O5. The summed E-state index contributed by atoms with van der Waals surface area (Å²) in [6, 6.07) is 12.0. The maximum atomic E-state index is 12.2. The van der Waals surface area contributed by atoms with E-state index in [4.69, 9.17) is 14.2 Å². The standard InChI is InChI=1S/C18H20N2O5/c1-12(21)19-13-8-9-15(23-2)14(10-13)20-18(22)11-25-17-7-5-4-6-16(17)24-3/h4-10H,11H2,1-3H3,(H,19,21)(H,20,22). The summed E-state index contributed by atoms with van der Waals surface area (Å²) in [7, 11) is 3.02. The molecule has 0 aliphatic rings. The third-order valence-corrected chi connectivity index (χ3v) is 3.22. The summed E-state index contributed by atoms with van der Waals surface area (Å²) < 4.78 is 15.9. The molecule has 0 spiro atoms. The third kappa shape index (κ3) is 5.13. The topological polar surface area (TPSA) is 85.9 Å². The van der Waals surface area contributed by atoms with Crippen molar-refractivity contribution in [2.24, 2.45) is 0 Å². The molecule has 0 fully saturated rings. The molecule has 0 aromatic heterocycles. The van der Waals surface area contributed by atoms with Crippen LogP contribution < -0.4 is 24.8 Å². The number of hydrogen-bond acceptors (Lipinski definition) is 5. The number of hydrogen-bond donors (Lipinski definition) is 2. The van der Waals surface area contributed by atoms with Crippen molar-refractivity contribution in [3.8, 4) is 17.2 Å². The van der Waals surface area contributed by atoms with E-state index in [0.29, 0.717) is 28.6 Å². The second-order valence-electron chi connectivity index (χ2n) is 5.08. The molecule has 2 aromatic rings. The maximum absolute atomic E-state index is 12.2. The minimum absolute atomic E-state index is 0.201. The van der Waals surface area contributed by atoms with Crippen LogP contribution in [0.3, 0.4) is 0 Å². The number of ether oxygens (including phenoxy) is 3. The lowest BCUT2D eigenvalue weighted by Gasteiger charge is -2.13. The molecule has 132 valence electrons. The number of rotatable bonds is 7. The van der Waals surface area contributed by atoms with Crippen LogP contribution in [-0.2, 0) is 9.59 Å². The van der Waals surface area contributed by atoms with Crippen molar-refractivity contribution in [1.29, 1.82) is 0 Å². The zero-order valence-corrected chi connectivity index (χ0v) is 14.3. The van der Waals surface area contributed by atoms with E-state index in [1.807, 2.05) is 6.07 Å². The van der Waals surface area contributed by atoms with Crippen molar-refractivity contribution < 1.29 is 23.8 Å². The van der Waals surface area contributed by atoms with Crippen LogP contribution in [0.1, 0.15) is 6.92 Å². The summed E-state index contributed by atoms with van der Waals surface area (Å²) in [5.41, 5.74) is 0.983. The molecule has 0 unspecified atom stereocenters. The second-order valence-corrected chi connectivity index (χ2v) is 5.08. The van der Waals surface area contributed by atoms with Gasteiger partial charge in [0.2, 0.25) is 5.91 Å². The lowest BCUT2D eigenvalue weighted by Crippen LogP contribution is -2.21. The number of carbonyl (C=O) groups excluding carboxylic acids is 2. The van der Waals surface area contributed by atoms with Crippen LogP contribution in [0.4, 0.5) is 11.4 Å². The number of carbonyl (C=O) groups is 2. The number of amides is 2. The van der Waals surface area contributed by atoms with Crippen LogP contribution in [0, 0.1) is 0 Å². The highest BCUT2D eigenvalue weighted by Gasteiger charge is 2.11. The van der Waals surface area contributed by atoms with Crippen molar-refractivity contribution in [3.63, 3.8) is 0 Å². The molecule has 0 atom stereocenters. The highest BCUT2D eigenvalue weighted by Crippen LogP contribution is 2.28. The molecule has 0 saturated carbocycles. The molecule has 2 rings (SSSR count). The van der Waals surface area contributed by atoms with Gasteiger partial charge in [-0.05, 0) is 30.3 Å². The van der Waals surface area contributed by atoms with Crippen LogP contribution in [0.25, 0.3) is 0 Å². The summed E-state index contributed by atoms with van der Waals surface area (Å²) in [5.74, 6) is 0.908. The smallest absolute Gasteiger partial charge is 0.262 e. The predicted molar refractivity (Wildman–Crippen MR) is 94.4 cm³/mol. The molecule has 0 heterocycles. The SMILES string of the molecule is COc1ccc(NC(C)=O)cc1NC(=O)COc1ccccc1OC. The first-order valence-corrected chi connectivity index (χ1v) is 7.54. The van der Waals surface area contributed by atoms with Crippen LogP contribution in [0.2, 0.25) is 0 Å². The van der Waals surface area contributed by atoms with Gasteiger partial charge >= 0.3 is 0 Å². The van der Waals surface area contributed by atoms with Crippen LogP contribution in [0.15, 0.2) is 42.5 Å². The first-order chi connectivity index (χ1) is 12.0. The van der Waals surface area contributed by atoms with Gasteiger partial charge in [0.1, 0.15) is 5.75 Å². The monoisotopic (exact) mass is 344 g/mol. The van der Waals surface area contributed by atoms with E-state index in [-0.39, 0.29) is 18.4 Å². The fourth-order valence-electron chi connectivity index (χ4n) is 2.15. The molecule has 25 heavy (non-hydrogen) atoms. The molecule has 0 aliphatic carbocycles. The van der Waals surface area contributed by atoms with Gasteiger partial charge in [0, 0.05) is 12.6 Å². The average molecular weight is 344 g/mol. The molecule has 7 heteroatoms. The van der Waals surface area contributed by atoms with Crippen LogP contribution >= 0.6 is 0 Å². The Balaban J connectivity index is 2.05. The molecule has 0 radical (unpaired) electrons. The summed E-state index contributed by atoms with van der Waals surface area (Å²) in [6.07, 6.45) is 0. The Morgan fingerprint density at radius 1 is 0.920 bits per heavy atom. The normalized spacial score (nSPS) is 9.88. The van der Waals surface area contributed by atoms with Crippen LogP contribution in [0.5, 0.6) is 17.2 Å². The first kappa shape index (κ1) is 18.1. The Bertz CT molecular complexity index is 761. The minimum Gasteiger partial charge on any atom is -0.495 e. The predicted octanol–water partition coefficient (Wildman–Crippen LogP) is 2.68. The van der Waals surface area contributed by atoms with Gasteiger partial charge in [-0.3, -0.25) is 9.59 Å². The minimum atomic E-state index is -0.371. The summed E-state index contributed by atoms with van der Waals surface area (Å²) in [4.78, 5) is 23.3. The van der Waals surface area contributed by atoms with Gasteiger partial charge in [-0.15, -0.1) is 0 Å². The summed E-state index contributed by atoms with van der Waals surface area (Å²) in [5, 5.41) is 5.35. The molecule has 2 aromatic carbocycles. The van der Waals surface area contributed by atoms with Gasteiger partial charge in [-0.2, -0.15) is 0 Å². The fourth-order valence-corrected chi connectivity index (χ4v) is 2.15. The van der Waals surface area contributed by atoms with E-state index < -0.39 is 0 Å². The van der Waals surface area contributed by atoms with Gasteiger partial charge < -0.3 is 24.8 Å². The first-order valence-electron chi connectivity index (χ1n) is 7.54. The van der Waals surface area contributed by atoms with Crippen molar-refractivity contribution >= 4 is 23.2 Å². The third-order valence-electron chi connectivity index (χ3n) is 3.22. The number of anilines is 2. The fraction of sp³-hybridized carbons (Fsp3) is 0.222. The van der Waals surface area contributed by atoms with E-state index in [9.17, 15) is 9.59 Å². The Labute approximate surface area is 145 Å². The van der Waals surface area contributed by atoms with Gasteiger partial charge in [0.15, 0.2) is 18.1 Å². The molecule has 0 saturated heterocycles. The summed E-state index contributed by atoms with van der Waals surface area (Å²) >= 11 is 0. The number of nitrogens with one attached hydrogen (secondary N) is 2. The van der Waals surface area contributed by atoms with Gasteiger partial charge in [-0.1, -0.05) is 12.1 Å². The zero-order chi connectivity index (χ0) is 18.2. The molecule has 7 nitrogen and oxygen atoms in total. The Kier molecular flexibility index (Phi) is 6.22. The second kappa shape index (κ2) is 8.58. The Morgan fingerprint density at radius 2 is 1.60 bits per heavy atom. The lowest BCUT2D eigenvalue weighted by atomic mass is 10.2. The summed E-state index contributed by atoms with van der Waals surface area (Å²) in [6.45, 7) is 1.21. The molecular weight excluding hydrogens is 324 g/mol. The number of para-hydroxylation sites is 2. The average Bonchev–Trinajstić information content (AvgIpc) is 2.60. The van der Waals surface area contributed by atoms with E-state index in [0.717, 1.165) is 0 Å². The van der Waals surface area contributed by atoms with Crippen molar-refractivity contribution in [2.75, 3.05) is 31.5 Å². The van der Waals surface area contributed by atoms with E-state index in [1.54, 1.807) is 36.4 Å². The van der Waals surface area contributed by atoms with E-state index >= 15 is 0 Å². The maximum Gasteiger partial charge on any atom is 0.262 e. The Morgan fingerprint density at radius 3 is 2.24 bits per heavy atom. The van der Waals surface area contributed by atoms with E-state index in [2.05, 4.69) is 10.6 Å². The van der Waals surface area contributed by atoms with Crippen LogP contribution in [-0.4, -0.2) is 32.6 Å².